The van der Waals surface area contributed by atoms with E-state index in [4.69, 9.17) is 25.5 Å². The van der Waals surface area contributed by atoms with Crippen molar-refractivity contribution in [3.8, 4) is 11.5 Å². The molecular weight excluding hydrogens is 366 g/mol. The first-order valence-corrected chi connectivity index (χ1v) is 7.52. The van der Waals surface area contributed by atoms with E-state index in [1.165, 1.54) is 19.1 Å². The van der Waals surface area contributed by atoms with Crippen LogP contribution < -0.4 is 5.32 Å². The van der Waals surface area contributed by atoms with Crippen molar-refractivity contribution < 1.29 is 49.8 Å². The third-order valence-corrected chi connectivity index (χ3v) is 3.11. The summed E-state index contributed by atoms with van der Waals surface area (Å²) >= 11 is 0. The molecule has 11 nitrogen and oxygen atoms in total. The number of phenolic OH excluding ortho intramolecular Hbond substituents is 2. The zero-order valence-corrected chi connectivity index (χ0v) is 14.4. The van der Waals surface area contributed by atoms with Crippen LogP contribution in [0, 0.1) is 0 Å². The number of hydrogen-bond donors (Lipinski definition) is 7. The van der Waals surface area contributed by atoms with Gasteiger partial charge in [0, 0.05) is 13.5 Å². The molecule has 27 heavy (non-hydrogen) atoms. The number of amides is 1. The van der Waals surface area contributed by atoms with Gasteiger partial charge in [0.2, 0.25) is 5.91 Å². The summed E-state index contributed by atoms with van der Waals surface area (Å²) in [6.45, 7) is 1.98. The molecule has 0 heterocycles. The van der Waals surface area contributed by atoms with E-state index in [9.17, 15) is 24.3 Å². The van der Waals surface area contributed by atoms with Crippen LogP contribution >= 0.6 is 0 Å². The van der Waals surface area contributed by atoms with Gasteiger partial charge in [-0.05, 0) is 24.1 Å². The van der Waals surface area contributed by atoms with Gasteiger partial charge in [0.1, 0.15) is 0 Å². The Kier molecular flexibility index (Phi) is 9.29. The maximum atomic E-state index is 10.6. The second kappa shape index (κ2) is 10.6. The second-order valence-electron chi connectivity index (χ2n) is 5.53. The molecule has 0 aliphatic heterocycles. The van der Waals surface area contributed by atoms with Gasteiger partial charge in [-0.3, -0.25) is 14.4 Å². The highest BCUT2D eigenvalue weighted by molar-refractivity contribution is 5.88. The minimum absolute atomic E-state index is 0.0759. The van der Waals surface area contributed by atoms with E-state index < -0.39 is 36.4 Å². The molecule has 0 bridgehead atoms. The van der Waals surface area contributed by atoms with Gasteiger partial charge in [0.25, 0.3) is 0 Å². The summed E-state index contributed by atoms with van der Waals surface area (Å²) in [6.07, 6.45) is -1.66. The van der Waals surface area contributed by atoms with E-state index in [0.717, 1.165) is 5.56 Å². The highest BCUT2D eigenvalue weighted by Crippen LogP contribution is 2.24. The summed E-state index contributed by atoms with van der Waals surface area (Å²) in [5.74, 6) is -5.36. The maximum absolute atomic E-state index is 10.6. The van der Waals surface area contributed by atoms with Crippen LogP contribution in [0.4, 0.5) is 0 Å². The minimum Gasteiger partial charge on any atom is -0.504 e. The highest BCUT2D eigenvalue weighted by Gasteiger charge is 2.40. The Balaban J connectivity index is 0.000000503. The average Bonchev–Trinajstić information content (AvgIpc) is 2.49. The molecule has 150 valence electrons. The van der Waals surface area contributed by atoms with E-state index in [2.05, 4.69) is 5.32 Å². The van der Waals surface area contributed by atoms with Crippen molar-refractivity contribution in [3.05, 3.63) is 23.8 Å². The molecule has 0 saturated carbocycles. The molecule has 0 unspecified atom stereocenters. The van der Waals surface area contributed by atoms with Crippen LogP contribution in [-0.4, -0.2) is 66.6 Å². The summed E-state index contributed by atoms with van der Waals surface area (Å²) in [4.78, 5) is 41.0. The zero-order chi connectivity index (χ0) is 21.2. The predicted molar refractivity (Wildman–Crippen MR) is 89.3 cm³/mol. The molecule has 0 aliphatic rings. The second-order valence-corrected chi connectivity index (χ2v) is 5.53. The first-order valence-electron chi connectivity index (χ1n) is 7.52. The molecule has 0 aromatic heterocycles. The number of aliphatic carboxylic acids is 3. The standard InChI is InChI=1S/C10H13NO3.C6H8O7/c1-7(12)11-5-4-8-2-3-9(13)10(14)6-8;7-3(8)1-6(13,5(11)12)2-4(9)10/h2-3,6,13-14H,4-5H2,1H3,(H,11,12);13H,1-2H2,(H,7,8)(H,9,10)(H,11,12). The maximum Gasteiger partial charge on any atom is 0.336 e. The van der Waals surface area contributed by atoms with Crippen LogP contribution in [0.1, 0.15) is 25.3 Å². The fourth-order valence-electron chi connectivity index (χ4n) is 1.82. The molecule has 0 atom stereocenters. The fourth-order valence-corrected chi connectivity index (χ4v) is 1.82. The van der Waals surface area contributed by atoms with Gasteiger partial charge in [0.05, 0.1) is 12.8 Å². The summed E-state index contributed by atoms with van der Waals surface area (Å²) in [6, 6.07) is 4.62. The van der Waals surface area contributed by atoms with Crippen molar-refractivity contribution >= 4 is 23.8 Å². The van der Waals surface area contributed by atoms with Gasteiger partial charge in [-0.25, -0.2) is 4.79 Å². The number of phenols is 2. The number of aromatic hydroxyl groups is 2. The topological polar surface area (TPSA) is 202 Å². The first kappa shape index (κ1) is 23.7. The van der Waals surface area contributed by atoms with Gasteiger partial charge < -0.3 is 36.0 Å². The molecule has 1 aromatic rings. The van der Waals surface area contributed by atoms with E-state index in [1.54, 1.807) is 6.07 Å². The van der Waals surface area contributed by atoms with Crippen LogP contribution in [0.25, 0.3) is 0 Å². The lowest BCUT2D eigenvalue weighted by molar-refractivity contribution is -0.170. The summed E-state index contributed by atoms with van der Waals surface area (Å²) in [7, 11) is 0. The summed E-state index contributed by atoms with van der Waals surface area (Å²) in [5, 5.41) is 54.7. The molecule has 0 fully saturated rings. The van der Waals surface area contributed by atoms with Gasteiger partial charge >= 0.3 is 17.9 Å². The van der Waals surface area contributed by atoms with Crippen LogP contribution in [0.3, 0.4) is 0 Å². The lowest BCUT2D eigenvalue weighted by atomic mass is 9.96. The number of carbonyl (C=O) groups excluding carboxylic acids is 1. The van der Waals surface area contributed by atoms with Crippen molar-refractivity contribution in [1.29, 1.82) is 0 Å². The lowest BCUT2D eigenvalue weighted by Crippen LogP contribution is -2.42. The van der Waals surface area contributed by atoms with E-state index >= 15 is 0 Å². The Morgan fingerprint density at radius 1 is 0.963 bits per heavy atom. The fraction of sp³-hybridized carbons (Fsp3) is 0.375. The Morgan fingerprint density at radius 3 is 1.85 bits per heavy atom. The number of hydrogen-bond acceptors (Lipinski definition) is 7. The predicted octanol–water partition coefficient (Wildman–Crippen LogP) is -0.472. The molecule has 1 amide bonds. The largest absolute Gasteiger partial charge is 0.504 e. The average molecular weight is 387 g/mol. The number of carboxylic acid groups (broad SMARTS) is 3. The number of aliphatic hydroxyl groups is 1. The number of rotatable bonds is 8. The SMILES string of the molecule is CC(=O)NCCc1ccc(O)c(O)c1.O=C(O)CC(O)(CC(=O)O)C(=O)O. The third-order valence-electron chi connectivity index (χ3n) is 3.11. The van der Waals surface area contributed by atoms with Gasteiger partial charge in [-0.15, -0.1) is 0 Å². The van der Waals surface area contributed by atoms with E-state index in [0.29, 0.717) is 13.0 Å². The van der Waals surface area contributed by atoms with Crippen LogP contribution in [0.15, 0.2) is 18.2 Å². The molecule has 1 aromatic carbocycles. The molecule has 0 aliphatic carbocycles. The van der Waals surface area contributed by atoms with Crippen molar-refractivity contribution in [3.63, 3.8) is 0 Å². The molecule has 7 N–H and O–H groups in total. The summed E-state index contributed by atoms with van der Waals surface area (Å²) in [5.41, 5.74) is -1.87. The van der Waals surface area contributed by atoms with E-state index in [1.807, 2.05) is 0 Å². The number of carboxylic acids is 3. The molecule has 1 rings (SSSR count). The number of benzene rings is 1. The Morgan fingerprint density at radius 2 is 1.48 bits per heavy atom. The quantitative estimate of drug-likeness (QED) is 0.286. The van der Waals surface area contributed by atoms with Crippen LogP contribution in [0.5, 0.6) is 11.5 Å². The van der Waals surface area contributed by atoms with E-state index in [-0.39, 0.29) is 17.4 Å². The molecule has 11 heteroatoms. The zero-order valence-electron chi connectivity index (χ0n) is 14.4. The molecule has 0 saturated heterocycles. The van der Waals surface area contributed by atoms with Gasteiger partial charge in [0.15, 0.2) is 17.1 Å². The first-order chi connectivity index (χ1) is 12.4. The van der Waals surface area contributed by atoms with Crippen molar-refractivity contribution in [1.82, 2.24) is 5.32 Å². The van der Waals surface area contributed by atoms with Crippen molar-refractivity contribution in [2.24, 2.45) is 0 Å². The Labute approximate surface area is 153 Å². The Hall–Kier alpha value is -3.34. The van der Waals surface area contributed by atoms with Crippen LogP contribution in [-0.2, 0) is 25.6 Å². The summed E-state index contributed by atoms with van der Waals surface area (Å²) < 4.78 is 0. The molecule has 0 spiro atoms. The smallest absolute Gasteiger partial charge is 0.336 e. The van der Waals surface area contributed by atoms with Crippen molar-refractivity contribution in [2.75, 3.05) is 6.54 Å². The van der Waals surface area contributed by atoms with Crippen LogP contribution in [0.2, 0.25) is 0 Å². The normalized spacial score (nSPS) is 10.3. The minimum atomic E-state index is -2.74. The Bertz CT molecular complexity index is 684. The van der Waals surface area contributed by atoms with Crippen molar-refractivity contribution in [2.45, 2.75) is 31.8 Å². The lowest BCUT2D eigenvalue weighted by Gasteiger charge is -2.18. The number of nitrogens with one attached hydrogen (secondary N) is 1. The monoisotopic (exact) mass is 387 g/mol. The highest BCUT2D eigenvalue weighted by atomic mass is 16.4. The third kappa shape index (κ3) is 9.65. The number of carbonyl (C=O) groups is 4. The van der Waals surface area contributed by atoms with Gasteiger partial charge in [-0.1, -0.05) is 6.07 Å². The molecule has 0 radical (unpaired) electrons. The van der Waals surface area contributed by atoms with Gasteiger partial charge in [-0.2, -0.15) is 0 Å². The molecular formula is C16H21NO10.